The molecule has 1 N–H and O–H groups in total. The zero-order valence-corrected chi connectivity index (χ0v) is 21.9. The second-order valence-electron chi connectivity index (χ2n) is 9.37. The van der Waals surface area contributed by atoms with E-state index >= 15 is 0 Å². The predicted molar refractivity (Wildman–Crippen MR) is 153 cm³/mol. The van der Waals surface area contributed by atoms with Crippen molar-refractivity contribution in [3.8, 4) is 5.69 Å². The fourth-order valence-corrected chi connectivity index (χ4v) is 4.81. The lowest BCUT2D eigenvalue weighted by Gasteiger charge is -2.32. The van der Waals surface area contributed by atoms with Crippen molar-refractivity contribution in [3.63, 3.8) is 0 Å². The quantitative estimate of drug-likeness (QED) is 0.234. The zero-order valence-electron chi connectivity index (χ0n) is 21.9. The molecule has 1 unspecified atom stereocenters. The van der Waals surface area contributed by atoms with Crippen molar-refractivity contribution in [1.82, 2.24) is 14.5 Å². The molecule has 6 nitrogen and oxygen atoms in total. The summed E-state index contributed by atoms with van der Waals surface area (Å²) in [6.45, 7) is 2.16. The Kier molecular flexibility index (Phi) is 7.96. The van der Waals surface area contributed by atoms with Crippen LogP contribution in [-0.2, 0) is 6.42 Å². The Morgan fingerprint density at radius 1 is 0.925 bits per heavy atom. The molecule has 1 heterocycles. The Balaban J connectivity index is 1.63. The van der Waals surface area contributed by atoms with Crippen LogP contribution in [-0.4, -0.2) is 27.0 Å². The van der Waals surface area contributed by atoms with Crippen molar-refractivity contribution >= 4 is 22.6 Å². The van der Waals surface area contributed by atoms with Crippen LogP contribution in [0.3, 0.4) is 0 Å². The van der Waals surface area contributed by atoms with Gasteiger partial charge in [-0.2, -0.15) is 0 Å². The first kappa shape index (κ1) is 26.7. The molecular weight excluding hydrogens is 510 g/mol. The Bertz CT molecular complexity index is 1690. The van der Waals surface area contributed by atoms with Crippen LogP contribution in [0.2, 0.25) is 0 Å². The number of nitrogens with zero attached hydrogens (tertiary/aromatic N) is 3. The molecule has 0 saturated heterocycles. The first-order valence-corrected chi connectivity index (χ1v) is 13.1. The predicted octanol–water partition coefficient (Wildman–Crippen LogP) is 6.89. The SMILES string of the molecule is CCC(c1nc2ccccc2c(=O)n1-c1ccccc1)N(CCc1ccccc1)C(=O)Nc1ccc(F)cc1F. The Morgan fingerprint density at radius 2 is 1.60 bits per heavy atom. The molecule has 5 aromatic rings. The molecule has 0 radical (unpaired) electrons. The summed E-state index contributed by atoms with van der Waals surface area (Å²) in [5.74, 6) is -1.23. The van der Waals surface area contributed by atoms with Crippen molar-refractivity contribution in [2.45, 2.75) is 25.8 Å². The van der Waals surface area contributed by atoms with Gasteiger partial charge in [-0.25, -0.2) is 18.6 Å². The zero-order chi connectivity index (χ0) is 28.1. The van der Waals surface area contributed by atoms with E-state index in [1.165, 1.54) is 10.6 Å². The number of fused-ring (bicyclic) bond motifs is 1. The van der Waals surface area contributed by atoms with Crippen LogP contribution < -0.4 is 10.9 Å². The average Bonchev–Trinajstić information content (AvgIpc) is 2.97. The van der Waals surface area contributed by atoms with E-state index in [9.17, 15) is 18.4 Å². The van der Waals surface area contributed by atoms with Gasteiger partial charge in [0.05, 0.1) is 28.3 Å². The summed E-state index contributed by atoms with van der Waals surface area (Å²) in [7, 11) is 0. The van der Waals surface area contributed by atoms with Gasteiger partial charge in [0.15, 0.2) is 0 Å². The molecule has 40 heavy (non-hydrogen) atoms. The van der Waals surface area contributed by atoms with Crippen molar-refractivity contribution in [2.75, 3.05) is 11.9 Å². The first-order valence-electron chi connectivity index (χ1n) is 13.1. The Labute approximate surface area is 230 Å². The maximum atomic E-state index is 14.5. The third-order valence-electron chi connectivity index (χ3n) is 6.79. The van der Waals surface area contributed by atoms with E-state index < -0.39 is 23.7 Å². The van der Waals surface area contributed by atoms with Gasteiger partial charge in [-0.05, 0) is 54.8 Å². The second-order valence-corrected chi connectivity index (χ2v) is 9.37. The number of aromatic nitrogens is 2. The molecule has 0 aliphatic carbocycles. The monoisotopic (exact) mass is 538 g/mol. The number of nitrogens with one attached hydrogen (secondary N) is 1. The maximum Gasteiger partial charge on any atom is 0.322 e. The number of hydrogen-bond acceptors (Lipinski definition) is 3. The van der Waals surface area contributed by atoms with Crippen molar-refractivity contribution < 1.29 is 13.6 Å². The summed E-state index contributed by atoms with van der Waals surface area (Å²) in [6.07, 6.45) is 0.936. The van der Waals surface area contributed by atoms with E-state index in [1.54, 1.807) is 23.1 Å². The number of anilines is 1. The molecule has 0 fully saturated rings. The maximum absolute atomic E-state index is 14.5. The largest absolute Gasteiger partial charge is 0.322 e. The summed E-state index contributed by atoms with van der Waals surface area (Å²) >= 11 is 0. The highest BCUT2D eigenvalue weighted by Gasteiger charge is 2.29. The van der Waals surface area contributed by atoms with E-state index in [1.807, 2.05) is 73.7 Å². The number of rotatable bonds is 8. The van der Waals surface area contributed by atoms with Crippen LogP contribution in [0.4, 0.5) is 19.3 Å². The molecule has 4 aromatic carbocycles. The fraction of sp³-hybridized carbons (Fsp3) is 0.156. The number of halogens is 2. The van der Waals surface area contributed by atoms with E-state index in [-0.39, 0.29) is 17.8 Å². The molecule has 0 spiro atoms. The van der Waals surface area contributed by atoms with Gasteiger partial charge in [-0.1, -0.05) is 67.6 Å². The van der Waals surface area contributed by atoms with Crippen molar-refractivity contribution in [3.05, 3.63) is 137 Å². The molecule has 2 amide bonds. The van der Waals surface area contributed by atoms with Crippen LogP contribution in [0, 0.1) is 11.6 Å². The normalized spacial score (nSPS) is 11.8. The highest BCUT2D eigenvalue weighted by atomic mass is 19.1. The smallest absolute Gasteiger partial charge is 0.314 e. The van der Waals surface area contributed by atoms with Crippen LogP contribution in [0.25, 0.3) is 16.6 Å². The number of benzene rings is 4. The third-order valence-corrected chi connectivity index (χ3v) is 6.79. The van der Waals surface area contributed by atoms with Crippen LogP contribution in [0.1, 0.15) is 30.8 Å². The molecule has 5 rings (SSSR count). The van der Waals surface area contributed by atoms with Gasteiger partial charge in [-0.15, -0.1) is 0 Å². The number of para-hydroxylation sites is 2. The summed E-state index contributed by atoms with van der Waals surface area (Å²) in [4.78, 5) is 34.1. The number of carbonyl (C=O) groups is 1. The van der Waals surface area contributed by atoms with Crippen LogP contribution in [0.15, 0.2) is 108 Å². The molecule has 0 aliphatic rings. The lowest BCUT2D eigenvalue weighted by molar-refractivity contribution is 0.182. The number of urea groups is 1. The van der Waals surface area contributed by atoms with Gasteiger partial charge in [0, 0.05) is 12.6 Å². The molecule has 0 bridgehead atoms. The van der Waals surface area contributed by atoms with Crippen molar-refractivity contribution in [2.24, 2.45) is 0 Å². The minimum atomic E-state index is -0.880. The first-order chi connectivity index (χ1) is 19.5. The van der Waals surface area contributed by atoms with Crippen LogP contribution >= 0.6 is 0 Å². The minimum absolute atomic E-state index is 0.141. The highest BCUT2D eigenvalue weighted by Crippen LogP contribution is 2.28. The summed E-state index contributed by atoms with van der Waals surface area (Å²) in [6, 6.07) is 27.7. The summed E-state index contributed by atoms with van der Waals surface area (Å²) in [5.41, 5.74) is 1.75. The van der Waals surface area contributed by atoms with Gasteiger partial charge in [0.1, 0.15) is 17.5 Å². The van der Waals surface area contributed by atoms with Gasteiger partial charge < -0.3 is 10.2 Å². The minimum Gasteiger partial charge on any atom is -0.314 e. The van der Waals surface area contributed by atoms with E-state index in [2.05, 4.69) is 5.32 Å². The molecule has 1 atom stereocenters. The van der Waals surface area contributed by atoms with Crippen LogP contribution in [0.5, 0.6) is 0 Å². The van der Waals surface area contributed by atoms with Crippen molar-refractivity contribution in [1.29, 1.82) is 0 Å². The summed E-state index contributed by atoms with van der Waals surface area (Å²) < 4.78 is 29.6. The van der Waals surface area contributed by atoms with Gasteiger partial charge in [-0.3, -0.25) is 9.36 Å². The molecular formula is C32H28F2N4O2. The molecule has 202 valence electrons. The molecule has 0 aliphatic heterocycles. The number of carbonyl (C=O) groups excluding carboxylic acids is 1. The van der Waals surface area contributed by atoms with Gasteiger partial charge >= 0.3 is 6.03 Å². The Morgan fingerprint density at radius 3 is 2.30 bits per heavy atom. The topological polar surface area (TPSA) is 67.2 Å². The van der Waals surface area contributed by atoms with E-state index in [0.29, 0.717) is 35.3 Å². The average molecular weight is 539 g/mol. The third kappa shape index (κ3) is 5.61. The molecule has 1 aromatic heterocycles. The fourth-order valence-electron chi connectivity index (χ4n) is 4.81. The van der Waals surface area contributed by atoms with Gasteiger partial charge in [0.25, 0.3) is 5.56 Å². The van der Waals surface area contributed by atoms with E-state index in [0.717, 1.165) is 17.7 Å². The highest BCUT2D eigenvalue weighted by molar-refractivity contribution is 5.90. The van der Waals surface area contributed by atoms with Gasteiger partial charge in [0.2, 0.25) is 0 Å². The number of hydrogen-bond donors (Lipinski definition) is 1. The lowest BCUT2D eigenvalue weighted by Crippen LogP contribution is -2.42. The second kappa shape index (κ2) is 11.9. The summed E-state index contributed by atoms with van der Waals surface area (Å²) in [5, 5.41) is 3.06. The number of amides is 2. The van der Waals surface area contributed by atoms with E-state index in [4.69, 9.17) is 4.98 Å². The standard InChI is InChI=1S/C32H28F2N4O2/c1-2-29(30-35-27-16-10-9-15-25(27)31(39)38(30)24-13-7-4-8-14-24)37(20-19-22-11-5-3-6-12-22)32(40)36-28-18-17-23(33)21-26(28)34/h3-18,21,29H,2,19-20H2,1H3,(H,36,40). The lowest BCUT2D eigenvalue weighted by atomic mass is 10.1. The molecule has 0 saturated carbocycles. The molecule has 8 heteroatoms. The Hall–Kier alpha value is -4.85.